The van der Waals surface area contributed by atoms with Gasteiger partial charge in [-0.2, -0.15) is 5.10 Å². The zero-order valence-electron chi connectivity index (χ0n) is 14.4. The summed E-state index contributed by atoms with van der Waals surface area (Å²) in [5.74, 6) is 1.32. The maximum atomic E-state index is 12.3. The van der Waals surface area contributed by atoms with Crippen LogP contribution in [0.15, 0.2) is 0 Å². The maximum Gasteiger partial charge on any atom is 0.222 e. The van der Waals surface area contributed by atoms with Gasteiger partial charge in [-0.3, -0.25) is 9.48 Å². The van der Waals surface area contributed by atoms with Crippen molar-refractivity contribution in [1.29, 1.82) is 0 Å². The van der Waals surface area contributed by atoms with Crippen LogP contribution in [-0.4, -0.2) is 40.2 Å². The Morgan fingerprint density at radius 2 is 2.14 bits per heavy atom. The van der Waals surface area contributed by atoms with E-state index in [0.29, 0.717) is 24.8 Å². The second kappa shape index (κ2) is 7.27. The summed E-state index contributed by atoms with van der Waals surface area (Å²) >= 11 is 0. The fourth-order valence-electron chi connectivity index (χ4n) is 3.26. The van der Waals surface area contributed by atoms with Crippen LogP contribution < -0.4 is 5.73 Å². The van der Waals surface area contributed by atoms with Gasteiger partial charge in [0.1, 0.15) is 0 Å². The number of amides is 1. The molecule has 1 atom stereocenters. The maximum absolute atomic E-state index is 12.3. The number of nitrogens with zero attached hydrogens (tertiary/aromatic N) is 3. The van der Waals surface area contributed by atoms with Gasteiger partial charge in [0.2, 0.25) is 5.91 Å². The minimum absolute atomic E-state index is 0.256. The molecular formula is C17H30N4O. The van der Waals surface area contributed by atoms with Crippen LogP contribution in [-0.2, 0) is 17.8 Å². The molecule has 1 aliphatic heterocycles. The van der Waals surface area contributed by atoms with Gasteiger partial charge in [0.15, 0.2) is 0 Å². The number of hydrogen-bond acceptors (Lipinski definition) is 3. The fourth-order valence-corrected chi connectivity index (χ4v) is 3.26. The molecule has 1 fully saturated rings. The quantitative estimate of drug-likeness (QED) is 0.873. The second-order valence-corrected chi connectivity index (χ2v) is 6.96. The third-order valence-electron chi connectivity index (χ3n) is 4.63. The molecule has 0 bridgehead atoms. The van der Waals surface area contributed by atoms with Crippen molar-refractivity contribution >= 4 is 5.91 Å². The van der Waals surface area contributed by atoms with Gasteiger partial charge in [-0.25, -0.2) is 0 Å². The van der Waals surface area contributed by atoms with Crippen molar-refractivity contribution in [3.8, 4) is 0 Å². The Labute approximate surface area is 133 Å². The third-order valence-corrected chi connectivity index (χ3v) is 4.63. The molecule has 2 heterocycles. The van der Waals surface area contributed by atoms with E-state index in [2.05, 4.69) is 30.6 Å². The third kappa shape index (κ3) is 3.88. The van der Waals surface area contributed by atoms with Crippen molar-refractivity contribution in [3.63, 3.8) is 0 Å². The SMILES string of the molecule is Cc1nn(CC(C)C)c(C)c1CCC(=O)N1CC[C@H](CN)C1. The van der Waals surface area contributed by atoms with E-state index in [1.165, 1.54) is 11.3 Å². The highest BCUT2D eigenvalue weighted by molar-refractivity contribution is 5.76. The molecule has 0 radical (unpaired) electrons. The number of likely N-dealkylation sites (tertiary alicyclic amines) is 1. The fraction of sp³-hybridized carbons (Fsp3) is 0.765. The number of aryl methyl sites for hydroxylation is 1. The van der Waals surface area contributed by atoms with Crippen LogP contribution in [0, 0.1) is 25.7 Å². The topological polar surface area (TPSA) is 64.2 Å². The lowest BCUT2D eigenvalue weighted by atomic mass is 10.1. The summed E-state index contributed by atoms with van der Waals surface area (Å²) in [5, 5.41) is 4.63. The largest absolute Gasteiger partial charge is 0.342 e. The Balaban J connectivity index is 1.94. The Morgan fingerprint density at radius 1 is 1.41 bits per heavy atom. The molecule has 22 heavy (non-hydrogen) atoms. The highest BCUT2D eigenvalue weighted by Gasteiger charge is 2.25. The molecular weight excluding hydrogens is 276 g/mol. The molecule has 0 aliphatic carbocycles. The Bertz CT molecular complexity index is 521. The van der Waals surface area contributed by atoms with Crippen LogP contribution in [0.4, 0.5) is 0 Å². The monoisotopic (exact) mass is 306 g/mol. The average molecular weight is 306 g/mol. The van der Waals surface area contributed by atoms with Crippen molar-refractivity contribution in [2.24, 2.45) is 17.6 Å². The van der Waals surface area contributed by atoms with Crippen molar-refractivity contribution < 1.29 is 4.79 Å². The molecule has 2 N–H and O–H groups in total. The molecule has 5 nitrogen and oxygen atoms in total. The van der Waals surface area contributed by atoms with Crippen LogP contribution in [0.25, 0.3) is 0 Å². The van der Waals surface area contributed by atoms with E-state index in [9.17, 15) is 4.79 Å². The molecule has 1 amide bonds. The molecule has 0 unspecified atom stereocenters. The molecule has 0 spiro atoms. The van der Waals surface area contributed by atoms with E-state index < -0.39 is 0 Å². The molecule has 124 valence electrons. The molecule has 1 aromatic rings. The van der Waals surface area contributed by atoms with Gasteiger partial charge in [0.05, 0.1) is 5.69 Å². The zero-order valence-corrected chi connectivity index (χ0v) is 14.4. The van der Waals surface area contributed by atoms with Crippen molar-refractivity contribution in [2.45, 2.75) is 53.5 Å². The first kappa shape index (κ1) is 17.0. The van der Waals surface area contributed by atoms with Crippen molar-refractivity contribution in [3.05, 3.63) is 17.0 Å². The smallest absolute Gasteiger partial charge is 0.222 e. The minimum atomic E-state index is 0.256. The van der Waals surface area contributed by atoms with E-state index >= 15 is 0 Å². The lowest BCUT2D eigenvalue weighted by molar-refractivity contribution is -0.130. The van der Waals surface area contributed by atoms with Gasteiger partial charge < -0.3 is 10.6 Å². The summed E-state index contributed by atoms with van der Waals surface area (Å²) in [5.41, 5.74) is 9.20. The van der Waals surface area contributed by atoms with E-state index in [4.69, 9.17) is 5.73 Å². The summed E-state index contributed by atoms with van der Waals surface area (Å²) in [7, 11) is 0. The highest BCUT2D eigenvalue weighted by Crippen LogP contribution is 2.19. The minimum Gasteiger partial charge on any atom is -0.342 e. The number of carbonyl (C=O) groups is 1. The lowest BCUT2D eigenvalue weighted by Crippen LogP contribution is -2.30. The van der Waals surface area contributed by atoms with Gasteiger partial charge in [-0.05, 0) is 50.6 Å². The number of rotatable bonds is 6. The van der Waals surface area contributed by atoms with Gasteiger partial charge in [0, 0.05) is 31.7 Å². The number of carbonyl (C=O) groups excluding carboxylic acids is 1. The number of nitrogens with two attached hydrogens (primary N) is 1. The zero-order chi connectivity index (χ0) is 16.3. The van der Waals surface area contributed by atoms with Gasteiger partial charge in [-0.1, -0.05) is 13.8 Å². The molecule has 2 rings (SSSR count). The van der Waals surface area contributed by atoms with Crippen LogP contribution in [0.1, 0.15) is 43.6 Å². The molecule has 1 aliphatic rings. The summed E-state index contributed by atoms with van der Waals surface area (Å²) in [4.78, 5) is 14.3. The Morgan fingerprint density at radius 3 is 2.73 bits per heavy atom. The van der Waals surface area contributed by atoms with Crippen LogP contribution in [0.3, 0.4) is 0 Å². The Kier molecular flexibility index (Phi) is 5.62. The predicted octanol–water partition coefficient (Wildman–Crippen LogP) is 1.90. The van der Waals surface area contributed by atoms with E-state index in [0.717, 1.165) is 38.2 Å². The predicted molar refractivity (Wildman–Crippen MR) is 88.6 cm³/mol. The second-order valence-electron chi connectivity index (χ2n) is 6.96. The first-order valence-electron chi connectivity index (χ1n) is 8.43. The molecule has 0 aromatic carbocycles. The summed E-state index contributed by atoms with van der Waals surface area (Å²) < 4.78 is 2.08. The van der Waals surface area contributed by atoms with Crippen molar-refractivity contribution in [1.82, 2.24) is 14.7 Å². The highest BCUT2D eigenvalue weighted by atomic mass is 16.2. The first-order valence-corrected chi connectivity index (χ1v) is 8.43. The lowest BCUT2D eigenvalue weighted by Gasteiger charge is -2.16. The molecule has 1 aromatic heterocycles. The summed E-state index contributed by atoms with van der Waals surface area (Å²) in [6.45, 7) is 11.9. The first-order chi connectivity index (χ1) is 10.4. The number of hydrogen-bond donors (Lipinski definition) is 1. The van der Waals surface area contributed by atoms with E-state index in [1.807, 2.05) is 11.8 Å². The number of aromatic nitrogens is 2. The standard InChI is InChI=1S/C17H30N4O/c1-12(2)10-21-14(4)16(13(3)19-21)5-6-17(22)20-8-7-15(9-18)11-20/h12,15H,5-11,18H2,1-4H3/t15-/m1/s1. The van der Waals surface area contributed by atoms with Crippen molar-refractivity contribution in [2.75, 3.05) is 19.6 Å². The van der Waals surface area contributed by atoms with Crippen LogP contribution in [0.5, 0.6) is 0 Å². The van der Waals surface area contributed by atoms with Gasteiger partial charge >= 0.3 is 0 Å². The average Bonchev–Trinajstić information content (AvgIpc) is 3.03. The van der Waals surface area contributed by atoms with Crippen LogP contribution in [0.2, 0.25) is 0 Å². The van der Waals surface area contributed by atoms with Crippen LogP contribution >= 0.6 is 0 Å². The van der Waals surface area contributed by atoms with E-state index in [-0.39, 0.29) is 5.91 Å². The van der Waals surface area contributed by atoms with E-state index in [1.54, 1.807) is 0 Å². The Hall–Kier alpha value is -1.36. The molecule has 5 heteroatoms. The molecule has 1 saturated heterocycles. The normalized spacial score (nSPS) is 18.5. The van der Waals surface area contributed by atoms with Gasteiger partial charge in [-0.15, -0.1) is 0 Å². The molecule has 0 saturated carbocycles. The summed E-state index contributed by atoms with van der Waals surface area (Å²) in [6, 6.07) is 0. The van der Waals surface area contributed by atoms with Gasteiger partial charge in [0.25, 0.3) is 0 Å². The summed E-state index contributed by atoms with van der Waals surface area (Å²) in [6.07, 6.45) is 2.41.